The topological polar surface area (TPSA) is 20.3 Å². The number of fused-ring (bicyclic) bond motifs is 1. The summed E-state index contributed by atoms with van der Waals surface area (Å²) in [5, 5.41) is 0. The van der Waals surface area contributed by atoms with Gasteiger partial charge in [-0.2, -0.15) is 0 Å². The first-order valence-electron chi connectivity index (χ1n) is 6.31. The molecule has 0 bridgehead atoms. The molecule has 1 aromatic rings. The van der Waals surface area contributed by atoms with Crippen molar-refractivity contribution in [1.29, 1.82) is 0 Å². The first-order chi connectivity index (χ1) is 8.22. The number of anilines is 1. The summed E-state index contributed by atoms with van der Waals surface area (Å²) in [6.45, 7) is 2.84. The molecule has 0 aliphatic carbocycles. The number of benzene rings is 1. The van der Waals surface area contributed by atoms with Gasteiger partial charge in [0.25, 0.3) is 0 Å². The van der Waals surface area contributed by atoms with Crippen LogP contribution in [-0.2, 0) is 11.2 Å². The zero-order chi connectivity index (χ0) is 12.3. The van der Waals surface area contributed by atoms with Crippen molar-refractivity contribution in [3.63, 3.8) is 0 Å². The van der Waals surface area contributed by atoms with Crippen LogP contribution < -0.4 is 4.90 Å². The molecule has 17 heavy (non-hydrogen) atoms. The highest BCUT2D eigenvalue weighted by Crippen LogP contribution is 2.28. The van der Waals surface area contributed by atoms with E-state index in [0.717, 1.165) is 43.5 Å². The number of hydrogen-bond donors (Lipinski definition) is 0. The van der Waals surface area contributed by atoms with Crippen molar-refractivity contribution in [1.82, 2.24) is 0 Å². The number of halogens is 1. The number of unbranched alkanes of at least 4 members (excludes halogenated alkanes) is 1. The lowest BCUT2D eigenvalue weighted by Crippen LogP contribution is -2.35. The Hall–Kier alpha value is -1.38. The van der Waals surface area contributed by atoms with Crippen molar-refractivity contribution in [3.8, 4) is 0 Å². The van der Waals surface area contributed by atoms with E-state index in [9.17, 15) is 9.18 Å². The molecule has 0 unspecified atom stereocenters. The molecule has 0 saturated heterocycles. The van der Waals surface area contributed by atoms with Crippen LogP contribution in [0, 0.1) is 5.82 Å². The summed E-state index contributed by atoms with van der Waals surface area (Å²) in [6.07, 6.45) is 4.33. The predicted molar refractivity (Wildman–Crippen MR) is 66.6 cm³/mol. The van der Waals surface area contributed by atoms with Gasteiger partial charge in [-0.25, -0.2) is 4.39 Å². The van der Waals surface area contributed by atoms with Gasteiger partial charge in [0.05, 0.1) is 0 Å². The molecule has 0 atom stereocenters. The number of carbonyl (C=O) groups is 1. The van der Waals surface area contributed by atoms with Crippen molar-refractivity contribution < 1.29 is 9.18 Å². The minimum Gasteiger partial charge on any atom is -0.312 e. The summed E-state index contributed by atoms with van der Waals surface area (Å²) >= 11 is 0. The van der Waals surface area contributed by atoms with Crippen LogP contribution in [0.4, 0.5) is 10.1 Å². The van der Waals surface area contributed by atoms with E-state index in [0.29, 0.717) is 6.42 Å². The maximum Gasteiger partial charge on any atom is 0.226 e. The first-order valence-corrected chi connectivity index (χ1v) is 6.31. The molecule has 2 nitrogen and oxygen atoms in total. The van der Waals surface area contributed by atoms with E-state index < -0.39 is 0 Å². The molecule has 0 aromatic heterocycles. The van der Waals surface area contributed by atoms with Crippen molar-refractivity contribution in [2.24, 2.45) is 0 Å². The molecular weight excluding hydrogens is 217 g/mol. The van der Waals surface area contributed by atoms with Gasteiger partial charge in [-0.3, -0.25) is 4.79 Å². The Morgan fingerprint density at radius 3 is 3.06 bits per heavy atom. The summed E-state index contributed by atoms with van der Waals surface area (Å²) in [5.41, 5.74) is 1.86. The number of amides is 1. The fourth-order valence-corrected chi connectivity index (χ4v) is 2.29. The van der Waals surface area contributed by atoms with E-state index in [-0.39, 0.29) is 11.7 Å². The molecular formula is C14H18FNO. The molecule has 0 spiro atoms. The second kappa shape index (κ2) is 5.30. The number of nitrogens with zero attached hydrogens (tertiary/aromatic N) is 1. The maximum absolute atomic E-state index is 13.1. The SMILES string of the molecule is CCCCC(=O)N1CCCc2cc(F)ccc21. The standard InChI is InChI=1S/C14H18FNO/c1-2-3-6-14(17)16-9-4-5-11-10-12(15)7-8-13(11)16/h7-8,10H,2-6,9H2,1H3. The Kier molecular flexibility index (Phi) is 3.77. The molecule has 1 amide bonds. The molecule has 3 heteroatoms. The molecule has 0 saturated carbocycles. The lowest BCUT2D eigenvalue weighted by molar-refractivity contribution is -0.118. The van der Waals surface area contributed by atoms with Gasteiger partial charge in [0.2, 0.25) is 5.91 Å². The Bertz CT molecular complexity index is 417. The summed E-state index contributed by atoms with van der Waals surface area (Å²) in [7, 11) is 0. The molecule has 0 fully saturated rings. The summed E-state index contributed by atoms with van der Waals surface area (Å²) in [6, 6.07) is 4.71. The second-order valence-corrected chi connectivity index (χ2v) is 4.53. The van der Waals surface area contributed by atoms with Crippen molar-refractivity contribution in [3.05, 3.63) is 29.6 Å². The number of hydrogen-bond acceptors (Lipinski definition) is 1. The molecule has 1 aliphatic rings. The van der Waals surface area contributed by atoms with Crippen LogP contribution in [0.25, 0.3) is 0 Å². The second-order valence-electron chi connectivity index (χ2n) is 4.53. The largest absolute Gasteiger partial charge is 0.312 e. The monoisotopic (exact) mass is 235 g/mol. The highest BCUT2D eigenvalue weighted by molar-refractivity contribution is 5.94. The van der Waals surface area contributed by atoms with Crippen LogP contribution in [0.2, 0.25) is 0 Å². The van der Waals surface area contributed by atoms with Gasteiger partial charge >= 0.3 is 0 Å². The van der Waals surface area contributed by atoms with E-state index in [2.05, 4.69) is 6.92 Å². The Morgan fingerprint density at radius 1 is 1.47 bits per heavy atom. The van der Waals surface area contributed by atoms with Gasteiger partial charge in [0.15, 0.2) is 0 Å². The molecule has 2 rings (SSSR count). The average molecular weight is 235 g/mol. The molecule has 1 aromatic carbocycles. The Morgan fingerprint density at radius 2 is 2.29 bits per heavy atom. The zero-order valence-corrected chi connectivity index (χ0v) is 10.2. The third kappa shape index (κ3) is 2.65. The van der Waals surface area contributed by atoms with E-state index >= 15 is 0 Å². The van der Waals surface area contributed by atoms with Gasteiger partial charge in [0, 0.05) is 18.7 Å². The fourth-order valence-electron chi connectivity index (χ4n) is 2.29. The van der Waals surface area contributed by atoms with Gasteiger partial charge in [-0.1, -0.05) is 13.3 Å². The first kappa shape index (κ1) is 12.1. The van der Waals surface area contributed by atoms with Crippen LogP contribution in [0.15, 0.2) is 18.2 Å². The van der Waals surface area contributed by atoms with Crippen LogP contribution in [0.3, 0.4) is 0 Å². The van der Waals surface area contributed by atoms with Crippen LogP contribution >= 0.6 is 0 Å². The van der Waals surface area contributed by atoms with Gasteiger partial charge in [0.1, 0.15) is 5.82 Å². The van der Waals surface area contributed by atoms with E-state index in [4.69, 9.17) is 0 Å². The molecule has 92 valence electrons. The highest BCUT2D eigenvalue weighted by atomic mass is 19.1. The van der Waals surface area contributed by atoms with Gasteiger partial charge < -0.3 is 4.90 Å². The lowest BCUT2D eigenvalue weighted by atomic mass is 10.0. The highest BCUT2D eigenvalue weighted by Gasteiger charge is 2.22. The van der Waals surface area contributed by atoms with Gasteiger partial charge in [-0.15, -0.1) is 0 Å². The van der Waals surface area contributed by atoms with E-state index in [1.54, 1.807) is 12.1 Å². The summed E-state index contributed by atoms with van der Waals surface area (Å²) in [4.78, 5) is 13.9. The van der Waals surface area contributed by atoms with Crippen LogP contribution in [0.5, 0.6) is 0 Å². The fraction of sp³-hybridized carbons (Fsp3) is 0.500. The smallest absolute Gasteiger partial charge is 0.226 e. The maximum atomic E-state index is 13.1. The third-order valence-corrected chi connectivity index (χ3v) is 3.21. The predicted octanol–water partition coefficient (Wildman–Crippen LogP) is 3.30. The van der Waals surface area contributed by atoms with E-state index in [1.807, 2.05) is 4.90 Å². The zero-order valence-electron chi connectivity index (χ0n) is 10.2. The van der Waals surface area contributed by atoms with Crippen molar-refractivity contribution >= 4 is 11.6 Å². The average Bonchev–Trinajstić information content (AvgIpc) is 2.34. The van der Waals surface area contributed by atoms with E-state index in [1.165, 1.54) is 6.07 Å². The third-order valence-electron chi connectivity index (χ3n) is 3.21. The minimum atomic E-state index is -0.216. The lowest BCUT2D eigenvalue weighted by Gasteiger charge is -2.29. The molecule has 0 radical (unpaired) electrons. The number of aryl methyl sites for hydroxylation is 1. The Labute approximate surface area is 101 Å². The molecule has 1 aliphatic heterocycles. The van der Waals surface area contributed by atoms with Crippen molar-refractivity contribution in [2.45, 2.75) is 39.0 Å². The minimum absolute atomic E-state index is 0.166. The number of rotatable bonds is 3. The molecule has 1 heterocycles. The summed E-state index contributed by atoms with van der Waals surface area (Å²) in [5.74, 6) is -0.0500. The van der Waals surface area contributed by atoms with Crippen LogP contribution in [0.1, 0.15) is 38.2 Å². The Balaban J connectivity index is 2.19. The van der Waals surface area contributed by atoms with Crippen molar-refractivity contribution in [2.75, 3.05) is 11.4 Å². The van der Waals surface area contributed by atoms with Gasteiger partial charge in [-0.05, 0) is 43.0 Å². The number of carbonyl (C=O) groups excluding carboxylic acids is 1. The normalized spacial score (nSPS) is 14.6. The quantitative estimate of drug-likeness (QED) is 0.787. The van der Waals surface area contributed by atoms with Crippen LogP contribution in [-0.4, -0.2) is 12.5 Å². The molecule has 0 N–H and O–H groups in total. The summed E-state index contributed by atoms with van der Waals surface area (Å²) < 4.78 is 13.1.